The summed E-state index contributed by atoms with van der Waals surface area (Å²) in [5.74, 6) is 0. The summed E-state index contributed by atoms with van der Waals surface area (Å²) in [5.41, 5.74) is -0.152. The summed E-state index contributed by atoms with van der Waals surface area (Å²) < 4.78 is 5.30. The van der Waals surface area contributed by atoms with Gasteiger partial charge in [0.15, 0.2) is 0 Å². The van der Waals surface area contributed by atoms with E-state index in [-0.39, 0.29) is 5.59 Å². The Morgan fingerprint density at radius 2 is 0.957 bits per heavy atom. The smallest absolute Gasteiger partial charge is 0.287 e. The van der Waals surface area contributed by atoms with Crippen LogP contribution in [0.5, 0.6) is 0 Å². The monoisotopic (exact) mass is 318 g/mol. The SMILES string of the molecule is COC(=O)[Si](c1ccccc1)(c1ccccc1)c1ccccc1. The summed E-state index contributed by atoms with van der Waals surface area (Å²) in [4.78, 5) is 13.1. The molecule has 0 unspecified atom stereocenters. The molecule has 0 N–H and O–H groups in total. The Morgan fingerprint density at radius 1 is 0.652 bits per heavy atom. The highest BCUT2D eigenvalue weighted by Crippen LogP contribution is 2.10. The molecule has 0 amide bonds. The van der Waals surface area contributed by atoms with E-state index in [1.54, 1.807) is 0 Å². The van der Waals surface area contributed by atoms with Crippen LogP contribution in [0.2, 0.25) is 0 Å². The number of hydrogen-bond donors (Lipinski definition) is 0. The molecule has 3 rings (SSSR count). The molecule has 0 bridgehead atoms. The molecule has 0 aromatic heterocycles. The van der Waals surface area contributed by atoms with Crippen LogP contribution in [0.3, 0.4) is 0 Å². The zero-order valence-corrected chi connectivity index (χ0v) is 14.0. The van der Waals surface area contributed by atoms with Crippen LogP contribution in [0.25, 0.3) is 0 Å². The minimum absolute atomic E-state index is 0.152. The first-order valence-corrected chi connectivity index (χ1v) is 9.55. The average molecular weight is 318 g/mol. The van der Waals surface area contributed by atoms with Crippen molar-refractivity contribution in [2.24, 2.45) is 0 Å². The lowest BCUT2D eigenvalue weighted by atomic mass is 10.3. The van der Waals surface area contributed by atoms with Crippen molar-refractivity contribution >= 4 is 29.2 Å². The van der Waals surface area contributed by atoms with Crippen molar-refractivity contribution < 1.29 is 9.53 Å². The average Bonchev–Trinajstić information content (AvgIpc) is 2.65. The van der Waals surface area contributed by atoms with Crippen LogP contribution >= 0.6 is 0 Å². The molecule has 0 fully saturated rings. The van der Waals surface area contributed by atoms with Gasteiger partial charge in [0.1, 0.15) is 0 Å². The number of benzene rings is 3. The molecule has 0 atom stereocenters. The van der Waals surface area contributed by atoms with Crippen molar-refractivity contribution in [2.75, 3.05) is 7.11 Å². The molecule has 3 heteroatoms. The third-order valence-electron chi connectivity index (χ3n) is 4.11. The Kier molecular flexibility index (Phi) is 4.39. The van der Waals surface area contributed by atoms with Gasteiger partial charge in [0.25, 0.3) is 13.7 Å². The van der Waals surface area contributed by atoms with Gasteiger partial charge in [-0.2, -0.15) is 0 Å². The van der Waals surface area contributed by atoms with Crippen molar-refractivity contribution in [3.05, 3.63) is 91.0 Å². The fraction of sp³-hybridized carbons (Fsp3) is 0.0500. The molecule has 0 saturated heterocycles. The van der Waals surface area contributed by atoms with E-state index in [9.17, 15) is 4.79 Å². The van der Waals surface area contributed by atoms with Crippen LogP contribution in [0.4, 0.5) is 4.79 Å². The predicted molar refractivity (Wildman–Crippen MR) is 96.4 cm³/mol. The van der Waals surface area contributed by atoms with Gasteiger partial charge in [-0.1, -0.05) is 91.0 Å². The van der Waals surface area contributed by atoms with E-state index in [1.165, 1.54) is 7.11 Å². The third-order valence-corrected chi connectivity index (χ3v) is 8.53. The normalized spacial score (nSPS) is 11.0. The number of ether oxygens (including phenoxy) is 1. The highest BCUT2D eigenvalue weighted by atomic mass is 28.3. The summed E-state index contributed by atoms with van der Waals surface area (Å²) in [6.45, 7) is 0. The Labute approximate surface area is 137 Å². The van der Waals surface area contributed by atoms with Crippen molar-refractivity contribution in [3.63, 3.8) is 0 Å². The molecular formula is C20H18O2Si. The highest BCUT2D eigenvalue weighted by molar-refractivity contribution is 7.29. The minimum atomic E-state index is -2.89. The summed E-state index contributed by atoms with van der Waals surface area (Å²) in [5, 5.41) is 3.10. The molecule has 23 heavy (non-hydrogen) atoms. The van der Waals surface area contributed by atoms with Crippen LogP contribution in [-0.4, -0.2) is 20.8 Å². The Hall–Kier alpha value is -2.65. The second-order valence-corrected chi connectivity index (χ2v) is 8.98. The first kappa shape index (κ1) is 15.3. The Morgan fingerprint density at radius 3 is 1.22 bits per heavy atom. The number of carbonyl (C=O) groups is 1. The van der Waals surface area contributed by atoms with E-state index >= 15 is 0 Å². The molecule has 0 spiro atoms. The lowest BCUT2D eigenvalue weighted by Gasteiger charge is -2.30. The van der Waals surface area contributed by atoms with E-state index in [4.69, 9.17) is 4.74 Å². The predicted octanol–water partition coefficient (Wildman–Crippen LogP) is 2.50. The van der Waals surface area contributed by atoms with Gasteiger partial charge in [-0.3, -0.25) is 4.79 Å². The van der Waals surface area contributed by atoms with Gasteiger partial charge in [0.2, 0.25) is 0 Å². The number of rotatable bonds is 4. The quantitative estimate of drug-likeness (QED) is 0.546. The minimum Gasteiger partial charge on any atom is -0.472 e. The standard InChI is InChI=1S/C20H18O2Si/c1-22-20(21)23(17-11-5-2-6-12-17,18-13-7-3-8-14-18)19-15-9-4-10-16-19/h2-16H,1H3. The maximum absolute atomic E-state index is 13.1. The van der Waals surface area contributed by atoms with Crippen LogP contribution in [0.1, 0.15) is 0 Å². The molecule has 3 aromatic carbocycles. The van der Waals surface area contributed by atoms with Gasteiger partial charge in [-0.25, -0.2) is 0 Å². The van der Waals surface area contributed by atoms with Crippen LogP contribution in [0, 0.1) is 0 Å². The maximum atomic E-state index is 13.1. The molecule has 0 aliphatic rings. The van der Waals surface area contributed by atoms with Gasteiger partial charge in [0, 0.05) is 0 Å². The second-order valence-electron chi connectivity index (χ2n) is 5.34. The van der Waals surface area contributed by atoms with Gasteiger partial charge in [-0.15, -0.1) is 0 Å². The lowest BCUT2D eigenvalue weighted by Crippen LogP contribution is -2.72. The maximum Gasteiger partial charge on any atom is 0.287 e. The van der Waals surface area contributed by atoms with Gasteiger partial charge < -0.3 is 4.74 Å². The summed E-state index contributed by atoms with van der Waals surface area (Å²) in [6.07, 6.45) is 0. The first-order chi connectivity index (χ1) is 11.3. The zero-order chi connectivity index (χ0) is 16.1. The Bertz CT molecular complexity index is 674. The van der Waals surface area contributed by atoms with E-state index < -0.39 is 8.07 Å². The van der Waals surface area contributed by atoms with Crippen LogP contribution < -0.4 is 15.6 Å². The second kappa shape index (κ2) is 6.63. The molecule has 2 nitrogen and oxygen atoms in total. The number of carbonyl (C=O) groups excluding carboxylic acids is 1. The summed E-state index contributed by atoms with van der Waals surface area (Å²) in [7, 11) is -1.42. The molecule has 0 saturated carbocycles. The zero-order valence-electron chi connectivity index (χ0n) is 13.0. The van der Waals surface area contributed by atoms with Crippen molar-refractivity contribution in [1.29, 1.82) is 0 Å². The largest absolute Gasteiger partial charge is 0.472 e. The summed E-state index contributed by atoms with van der Waals surface area (Å²) >= 11 is 0. The molecular weight excluding hydrogens is 300 g/mol. The van der Waals surface area contributed by atoms with E-state index in [0.717, 1.165) is 15.6 Å². The van der Waals surface area contributed by atoms with Crippen LogP contribution in [0.15, 0.2) is 91.0 Å². The van der Waals surface area contributed by atoms with Gasteiger partial charge >= 0.3 is 0 Å². The number of hydrogen-bond acceptors (Lipinski definition) is 2. The molecule has 0 aliphatic carbocycles. The van der Waals surface area contributed by atoms with Crippen molar-refractivity contribution in [3.8, 4) is 0 Å². The lowest BCUT2D eigenvalue weighted by molar-refractivity contribution is 0.197. The molecule has 3 aromatic rings. The fourth-order valence-electron chi connectivity index (χ4n) is 3.07. The Balaban J connectivity index is 2.38. The molecule has 0 aliphatic heterocycles. The van der Waals surface area contributed by atoms with Crippen LogP contribution in [-0.2, 0) is 4.74 Å². The summed E-state index contributed by atoms with van der Waals surface area (Å²) in [6, 6.07) is 30.0. The third kappa shape index (κ3) is 2.60. The molecule has 114 valence electrons. The topological polar surface area (TPSA) is 26.3 Å². The van der Waals surface area contributed by atoms with E-state index in [2.05, 4.69) is 0 Å². The molecule has 0 heterocycles. The van der Waals surface area contributed by atoms with Crippen molar-refractivity contribution in [1.82, 2.24) is 0 Å². The molecule has 0 radical (unpaired) electrons. The van der Waals surface area contributed by atoms with E-state index in [1.807, 2.05) is 91.0 Å². The fourth-order valence-corrected chi connectivity index (χ4v) is 7.16. The number of methoxy groups -OCH3 is 1. The van der Waals surface area contributed by atoms with Gasteiger partial charge in [0.05, 0.1) is 7.11 Å². The highest BCUT2D eigenvalue weighted by Gasteiger charge is 2.48. The van der Waals surface area contributed by atoms with Gasteiger partial charge in [-0.05, 0) is 15.6 Å². The van der Waals surface area contributed by atoms with Crippen molar-refractivity contribution in [2.45, 2.75) is 0 Å². The first-order valence-electron chi connectivity index (χ1n) is 7.55. The van der Waals surface area contributed by atoms with E-state index in [0.29, 0.717) is 0 Å².